The standard InChI is InChI=1S/C17H29NO/c1-4-6-7-8-12-19-17-10-9-15(3)13-16(17)14-18-11-5-2/h9-10,13,18H,4-8,11-12,14H2,1-3H3. The summed E-state index contributed by atoms with van der Waals surface area (Å²) in [5.41, 5.74) is 2.58. The molecule has 19 heavy (non-hydrogen) atoms. The summed E-state index contributed by atoms with van der Waals surface area (Å²) in [6.07, 6.45) is 6.17. The zero-order chi connectivity index (χ0) is 13.9. The molecule has 1 aromatic carbocycles. The summed E-state index contributed by atoms with van der Waals surface area (Å²) in [6.45, 7) is 9.36. The lowest BCUT2D eigenvalue weighted by molar-refractivity contribution is 0.301. The Morgan fingerprint density at radius 1 is 1.05 bits per heavy atom. The molecule has 0 unspecified atom stereocenters. The van der Waals surface area contributed by atoms with Crippen LogP contribution in [-0.2, 0) is 6.54 Å². The van der Waals surface area contributed by atoms with Gasteiger partial charge in [-0.1, -0.05) is 50.8 Å². The fraction of sp³-hybridized carbons (Fsp3) is 0.647. The first-order valence-electron chi connectivity index (χ1n) is 7.71. The van der Waals surface area contributed by atoms with E-state index in [4.69, 9.17) is 4.74 Å². The average Bonchev–Trinajstić information content (AvgIpc) is 2.41. The van der Waals surface area contributed by atoms with Crippen LogP contribution in [0, 0.1) is 6.92 Å². The molecule has 0 heterocycles. The van der Waals surface area contributed by atoms with Crippen LogP contribution in [0.25, 0.3) is 0 Å². The minimum atomic E-state index is 0.837. The maximum Gasteiger partial charge on any atom is 0.123 e. The van der Waals surface area contributed by atoms with E-state index >= 15 is 0 Å². The monoisotopic (exact) mass is 263 g/mol. The third-order valence-corrected chi connectivity index (χ3v) is 3.21. The van der Waals surface area contributed by atoms with E-state index in [9.17, 15) is 0 Å². The summed E-state index contributed by atoms with van der Waals surface area (Å²) in [5, 5.41) is 3.45. The molecule has 0 aliphatic rings. The van der Waals surface area contributed by atoms with E-state index in [1.54, 1.807) is 0 Å². The van der Waals surface area contributed by atoms with Crippen molar-refractivity contribution in [3.63, 3.8) is 0 Å². The molecule has 2 heteroatoms. The Kier molecular flexibility index (Phi) is 8.31. The number of nitrogens with one attached hydrogen (secondary N) is 1. The Bertz CT molecular complexity index is 349. The van der Waals surface area contributed by atoms with Crippen LogP contribution in [0.4, 0.5) is 0 Å². The predicted octanol–water partition coefficient (Wildman–Crippen LogP) is 4.45. The van der Waals surface area contributed by atoms with Crippen molar-refractivity contribution in [2.24, 2.45) is 0 Å². The highest BCUT2D eigenvalue weighted by atomic mass is 16.5. The molecule has 0 radical (unpaired) electrons. The van der Waals surface area contributed by atoms with Crippen molar-refractivity contribution >= 4 is 0 Å². The van der Waals surface area contributed by atoms with Gasteiger partial charge in [-0.25, -0.2) is 0 Å². The second-order valence-corrected chi connectivity index (χ2v) is 5.20. The van der Waals surface area contributed by atoms with Crippen molar-refractivity contribution in [2.45, 2.75) is 59.4 Å². The van der Waals surface area contributed by atoms with Crippen LogP contribution < -0.4 is 10.1 Å². The quantitative estimate of drug-likeness (QED) is 0.630. The minimum Gasteiger partial charge on any atom is -0.493 e. The summed E-state index contributed by atoms with van der Waals surface area (Å²) < 4.78 is 5.93. The SMILES string of the molecule is CCCCCCOc1ccc(C)cc1CNCCC. The average molecular weight is 263 g/mol. The van der Waals surface area contributed by atoms with Crippen LogP contribution >= 0.6 is 0 Å². The first-order valence-corrected chi connectivity index (χ1v) is 7.71. The normalized spacial score (nSPS) is 10.7. The smallest absolute Gasteiger partial charge is 0.123 e. The summed E-state index contributed by atoms with van der Waals surface area (Å²) in [5.74, 6) is 1.05. The first-order chi connectivity index (χ1) is 9.27. The van der Waals surface area contributed by atoms with E-state index in [2.05, 4.69) is 44.3 Å². The molecule has 0 aliphatic heterocycles. The Hall–Kier alpha value is -1.02. The zero-order valence-electron chi connectivity index (χ0n) is 12.8. The first kappa shape index (κ1) is 16.0. The lowest BCUT2D eigenvalue weighted by Gasteiger charge is -2.13. The third kappa shape index (κ3) is 6.63. The summed E-state index contributed by atoms with van der Waals surface area (Å²) in [4.78, 5) is 0. The fourth-order valence-electron chi connectivity index (χ4n) is 2.10. The molecule has 1 rings (SSSR count). The van der Waals surface area contributed by atoms with Crippen molar-refractivity contribution in [2.75, 3.05) is 13.2 Å². The lowest BCUT2D eigenvalue weighted by atomic mass is 10.1. The van der Waals surface area contributed by atoms with E-state index in [-0.39, 0.29) is 0 Å². The fourth-order valence-corrected chi connectivity index (χ4v) is 2.10. The summed E-state index contributed by atoms with van der Waals surface area (Å²) in [6, 6.07) is 6.47. The van der Waals surface area contributed by atoms with E-state index in [1.165, 1.54) is 36.8 Å². The lowest BCUT2D eigenvalue weighted by Crippen LogP contribution is -2.15. The van der Waals surface area contributed by atoms with Crippen LogP contribution in [0.2, 0.25) is 0 Å². The van der Waals surface area contributed by atoms with Crippen LogP contribution in [0.3, 0.4) is 0 Å². The molecule has 0 spiro atoms. The number of ether oxygens (including phenoxy) is 1. The zero-order valence-corrected chi connectivity index (χ0v) is 12.8. The third-order valence-electron chi connectivity index (χ3n) is 3.21. The predicted molar refractivity (Wildman–Crippen MR) is 82.8 cm³/mol. The van der Waals surface area contributed by atoms with Crippen LogP contribution in [0.15, 0.2) is 18.2 Å². The van der Waals surface area contributed by atoms with E-state index < -0.39 is 0 Å². The van der Waals surface area contributed by atoms with Gasteiger partial charge in [0.15, 0.2) is 0 Å². The molecular formula is C17H29NO. The molecule has 0 amide bonds. The summed E-state index contributed by atoms with van der Waals surface area (Å²) in [7, 11) is 0. The van der Waals surface area contributed by atoms with Gasteiger partial charge in [-0.2, -0.15) is 0 Å². The van der Waals surface area contributed by atoms with Crippen LogP contribution in [-0.4, -0.2) is 13.2 Å². The Labute approximate surface area is 118 Å². The van der Waals surface area contributed by atoms with Gasteiger partial charge < -0.3 is 10.1 Å². The molecule has 0 aliphatic carbocycles. The van der Waals surface area contributed by atoms with Gasteiger partial charge in [0.2, 0.25) is 0 Å². The second-order valence-electron chi connectivity index (χ2n) is 5.20. The molecule has 0 bridgehead atoms. The Morgan fingerprint density at radius 3 is 2.63 bits per heavy atom. The van der Waals surface area contributed by atoms with Crippen molar-refractivity contribution < 1.29 is 4.74 Å². The van der Waals surface area contributed by atoms with Gasteiger partial charge >= 0.3 is 0 Å². The van der Waals surface area contributed by atoms with Gasteiger partial charge in [0, 0.05) is 12.1 Å². The molecule has 108 valence electrons. The maximum absolute atomic E-state index is 5.93. The molecule has 1 N–H and O–H groups in total. The highest BCUT2D eigenvalue weighted by Crippen LogP contribution is 2.20. The van der Waals surface area contributed by atoms with Gasteiger partial charge in [0.05, 0.1) is 6.61 Å². The van der Waals surface area contributed by atoms with Gasteiger partial charge in [-0.3, -0.25) is 0 Å². The topological polar surface area (TPSA) is 21.3 Å². The van der Waals surface area contributed by atoms with Crippen molar-refractivity contribution in [1.82, 2.24) is 5.32 Å². The number of benzene rings is 1. The summed E-state index contributed by atoms with van der Waals surface area (Å²) >= 11 is 0. The maximum atomic E-state index is 5.93. The molecule has 0 saturated carbocycles. The minimum absolute atomic E-state index is 0.837. The van der Waals surface area contributed by atoms with E-state index in [1.807, 2.05) is 0 Å². The van der Waals surface area contributed by atoms with Gasteiger partial charge in [-0.05, 0) is 32.4 Å². The van der Waals surface area contributed by atoms with Crippen LogP contribution in [0.5, 0.6) is 5.75 Å². The number of aryl methyl sites for hydroxylation is 1. The number of hydrogen-bond donors (Lipinski definition) is 1. The Morgan fingerprint density at radius 2 is 1.89 bits per heavy atom. The van der Waals surface area contributed by atoms with Gasteiger partial charge in [0.1, 0.15) is 5.75 Å². The molecule has 0 saturated heterocycles. The molecule has 0 atom stereocenters. The van der Waals surface area contributed by atoms with Gasteiger partial charge in [0.25, 0.3) is 0 Å². The van der Waals surface area contributed by atoms with Gasteiger partial charge in [-0.15, -0.1) is 0 Å². The Balaban J connectivity index is 2.45. The molecule has 2 nitrogen and oxygen atoms in total. The number of rotatable bonds is 10. The largest absolute Gasteiger partial charge is 0.493 e. The van der Waals surface area contributed by atoms with Crippen molar-refractivity contribution in [3.05, 3.63) is 29.3 Å². The molecular weight excluding hydrogens is 234 g/mol. The van der Waals surface area contributed by atoms with Crippen LogP contribution in [0.1, 0.15) is 57.1 Å². The van der Waals surface area contributed by atoms with E-state index in [0.717, 1.165) is 31.9 Å². The molecule has 0 aromatic heterocycles. The molecule has 0 fully saturated rings. The number of unbranched alkanes of at least 4 members (excludes halogenated alkanes) is 3. The van der Waals surface area contributed by atoms with Crippen molar-refractivity contribution in [1.29, 1.82) is 0 Å². The highest BCUT2D eigenvalue weighted by molar-refractivity contribution is 5.36. The molecule has 1 aromatic rings. The number of hydrogen-bond acceptors (Lipinski definition) is 2. The van der Waals surface area contributed by atoms with Crippen molar-refractivity contribution in [3.8, 4) is 5.75 Å². The van der Waals surface area contributed by atoms with E-state index in [0.29, 0.717) is 0 Å². The highest BCUT2D eigenvalue weighted by Gasteiger charge is 2.03. The second kappa shape index (κ2) is 9.85.